The van der Waals surface area contributed by atoms with Crippen LogP contribution in [0.4, 0.5) is 0 Å². The maximum atomic E-state index is 6.19. The molecule has 0 amide bonds. The van der Waals surface area contributed by atoms with Crippen LogP contribution in [0, 0.1) is 5.41 Å². The van der Waals surface area contributed by atoms with Gasteiger partial charge in [-0.05, 0) is 0 Å². The van der Waals surface area contributed by atoms with E-state index in [1.54, 1.807) is 0 Å². The van der Waals surface area contributed by atoms with E-state index in [0.29, 0.717) is 5.88 Å². The van der Waals surface area contributed by atoms with Gasteiger partial charge in [-0.3, -0.25) is 0 Å². The molecule has 1 nitrogen and oxygen atoms in total. The SMILES string of the molecule is CC1=CC(c2ccccc2[O][Hf]([Cl])[Cl])C(C)=C1C(C)(C)CCl. The number of hydrogen-bond acceptors (Lipinski definition) is 1. The number of benzene rings is 1. The summed E-state index contributed by atoms with van der Waals surface area (Å²) in [5.41, 5.74) is 5.05. The van der Waals surface area contributed by atoms with Gasteiger partial charge in [-0.2, -0.15) is 0 Å². The van der Waals surface area contributed by atoms with Gasteiger partial charge in [0.15, 0.2) is 0 Å². The first kappa shape index (κ1) is 18.6. The van der Waals surface area contributed by atoms with E-state index in [9.17, 15) is 0 Å². The van der Waals surface area contributed by atoms with Crippen LogP contribution in [-0.2, 0) is 19.5 Å². The van der Waals surface area contributed by atoms with Crippen molar-refractivity contribution in [3.63, 3.8) is 0 Å². The Morgan fingerprint density at radius 3 is 2.41 bits per heavy atom. The zero-order valence-corrected chi connectivity index (χ0v) is 19.1. The molecule has 0 bridgehead atoms. The van der Waals surface area contributed by atoms with Gasteiger partial charge in [0.25, 0.3) is 0 Å². The van der Waals surface area contributed by atoms with Gasteiger partial charge in [0.1, 0.15) is 0 Å². The summed E-state index contributed by atoms with van der Waals surface area (Å²) in [6.07, 6.45) is 2.29. The fourth-order valence-corrected chi connectivity index (χ4v) is 6.06. The summed E-state index contributed by atoms with van der Waals surface area (Å²) in [5.74, 6) is 1.61. The molecule has 0 aliphatic heterocycles. The van der Waals surface area contributed by atoms with Crippen molar-refractivity contribution >= 4 is 28.8 Å². The Morgan fingerprint density at radius 2 is 1.82 bits per heavy atom. The van der Waals surface area contributed by atoms with Crippen molar-refractivity contribution in [1.82, 2.24) is 0 Å². The Bertz CT molecular complexity index is 620. The Labute approximate surface area is 153 Å². The normalized spacial score (nSPS) is 18.5. The molecule has 119 valence electrons. The summed E-state index contributed by atoms with van der Waals surface area (Å²) >= 11 is 3.32. The molecule has 0 saturated carbocycles. The topological polar surface area (TPSA) is 9.23 Å². The molecule has 0 saturated heterocycles. The van der Waals surface area contributed by atoms with Crippen LogP contribution in [0.25, 0.3) is 0 Å². The third-order valence-corrected chi connectivity index (χ3v) is 7.40. The van der Waals surface area contributed by atoms with Crippen LogP contribution in [-0.4, -0.2) is 5.88 Å². The first-order valence-electron chi connectivity index (χ1n) is 7.18. The van der Waals surface area contributed by atoms with Gasteiger partial charge in [-0.25, -0.2) is 0 Å². The molecule has 1 aromatic carbocycles. The van der Waals surface area contributed by atoms with Crippen molar-refractivity contribution in [1.29, 1.82) is 0 Å². The quantitative estimate of drug-likeness (QED) is 0.314. The predicted molar refractivity (Wildman–Crippen MR) is 92.5 cm³/mol. The Morgan fingerprint density at radius 1 is 1.18 bits per heavy atom. The van der Waals surface area contributed by atoms with Crippen molar-refractivity contribution in [3.05, 3.63) is 52.6 Å². The predicted octanol–water partition coefficient (Wildman–Crippen LogP) is 6.53. The Hall–Kier alpha value is 0.240. The molecule has 1 unspecified atom stereocenters. The van der Waals surface area contributed by atoms with Gasteiger partial charge >= 0.3 is 154 Å². The van der Waals surface area contributed by atoms with E-state index in [-0.39, 0.29) is 11.3 Å². The minimum atomic E-state index is -2.86. The number of para-hydroxylation sites is 1. The first-order chi connectivity index (χ1) is 10.3. The number of allylic oxidation sites excluding steroid dienone is 4. The van der Waals surface area contributed by atoms with Crippen LogP contribution in [0.1, 0.15) is 39.2 Å². The summed E-state index contributed by atoms with van der Waals surface area (Å²) < 4.78 is 5.75. The van der Waals surface area contributed by atoms with Gasteiger partial charge in [0.05, 0.1) is 0 Å². The standard InChI is InChI=1S/C17H21ClO.2ClH.Hf/c1-11-9-14(13-7-5-6-8-15(13)19)12(2)16(11)17(3,4)10-18;;;/h5-9,14,19H,10H2,1-4H3;2*1H;/q;;;+3/p-3. The molecule has 22 heavy (non-hydrogen) atoms. The van der Waals surface area contributed by atoms with Gasteiger partial charge in [-0.15, -0.1) is 0 Å². The van der Waals surface area contributed by atoms with Crippen LogP contribution in [0.2, 0.25) is 0 Å². The molecule has 1 aromatic rings. The van der Waals surface area contributed by atoms with E-state index in [4.69, 9.17) is 31.6 Å². The van der Waals surface area contributed by atoms with Crippen molar-refractivity contribution in [3.8, 4) is 5.75 Å². The summed E-state index contributed by atoms with van der Waals surface area (Å²) in [5, 5.41) is 0. The molecular weight excluding hydrogens is 505 g/mol. The van der Waals surface area contributed by atoms with Crippen molar-refractivity contribution < 1.29 is 22.4 Å². The van der Waals surface area contributed by atoms with Crippen LogP contribution in [0.15, 0.2) is 47.1 Å². The van der Waals surface area contributed by atoms with Crippen molar-refractivity contribution in [2.75, 3.05) is 5.88 Å². The van der Waals surface area contributed by atoms with Crippen molar-refractivity contribution in [2.24, 2.45) is 5.41 Å². The molecular formula is C17H20Cl3HfO. The monoisotopic (exact) mass is 525 g/mol. The molecule has 2 rings (SSSR count). The average Bonchev–Trinajstić information content (AvgIpc) is 2.74. The molecule has 0 N–H and O–H groups in total. The zero-order chi connectivity index (χ0) is 16.5. The number of halogens is 3. The van der Waals surface area contributed by atoms with E-state index in [1.165, 1.54) is 16.7 Å². The van der Waals surface area contributed by atoms with E-state index >= 15 is 0 Å². The molecule has 0 aromatic heterocycles. The van der Waals surface area contributed by atoms with E-state index in [2.05, 4.69) is 39.8 Å². The first-order valence-corrected chi connectivity index (χ1v) is 18.1. The zero-order valence-electron chi connectivity index (χ0n) is 13.2. The molecule has 0 heterocycles. The maximum absolute atomic E-state index is 6.19. The Kier molecular flexibility index (Phi) is 6.27. The number of rotatable bonds is 5. The third kappa shape index (κ3) is 3.83. The number of alkyl halides is 1. The third-order valence-electron chi connectivity index (χ3n) is 4.12. The van der Waals surface area contributed by atoms with Crippen molar-refractivity contribution in [2.45, 2.75) is 33.6 Å². The average molecular weight is 525 g/mol. The molecule has 0 radical (unpaired) electrons. The van der Waals surface area contributed by atoms with Crippen LogP contribution in [0.3, 0.4) is 0 Å². The fraction of sp³-hybridized carbons (Fsp3) is 0.412. The van der Waals surface area contributed by atoms with Crippen LogP contribution in [0.5, 0.6) is 5.75 Å². The Balaban J connectivity index is 2.48. The molecule has 0 fully saturated rings. The van der Waals surface area contributed by atoms with E-state index in [0.717, 1.165) is 11.3 Å². The second-order valence-corrected chi connectivity index (χ2v) is 16.1. The minimum absolute atomic E-state index is 0.0440. The fourth-order valence-electron chi connectivity index (χ4n) is 3.30. The second kappa shape index (κ2) is 7.42. The van der Waals surface area contributed by atoms with E-state index in [1.807, 2.05) is 18.2 Å². The second-order valence-electron chi connectivity index (χ2n) is 6.27. The molecule has 5 heteroatoms. The molecule has 1 atom stereocenters. The summed E-state index contributed by atoms with van der Waals surface area (Å²) in [4.78, 5) is 0. The molecule has 1 aliphatic rings. The number of hydrogen-bond donors (Lipinski definition) is 0. The van der Waals surface area contributed by atoms with Gasteiger partial charge < -0.3 is 0 Å². The summed E-state index contributed by atoms with van der Waals surface area (Å²) in [6, 6.07) is 8.02. The van der Waals surface area contributed by atoms with Gasteiger partial charge in [0.2, 0.25) is 0 Å². The molecule has 1 aliphatic carbocycles. The van der Waals surface area contributed by atoms with E-state index < -0.39 is 19.5 Å². The summed E-state index contributed by atoms with van der Waals surface area (Å²) in [6.45, 7) is 8.71. The van der Waals surface area contributed by atoms with Crippen LogP contribution >= 0.6 is 28.8 Å². The van der Waals surface area contributed by atoms with Gasteiger partial charge in [0, 0.05) is 0 Å². The van der Waals surface area contributed by atoms with Gasteiger partial charge in [-0.1, -0.05) is 0 Å². The molecule has 0 spiro atoms. The van der Waals surface area contributed by atoms with Crippen LogP contribution < -0.4 is 2.85 Å². The summed E-state index contributed by atoms with van der Waals surface area (Å²) in [7, 11) is 12.0.